The van der Waals surface area contributed by atoms with Crippen LogP contribution in [-0.4, -0.2) is 17.2 Å². The van der Waals surface area contributed by atoms with Gasteiger partial charge >= 0.3 is 0 Å². The Balaban J connectivity index is 1.64. The molecule has 0 atom stereocenters. The number of nitrogens with zero attached hydrogens (tertiary/aromatic N) is 1. The zero-order valence-electron chi connectivity index (χ0n) is 11.5. The fourth-order valence-corrected chi connectivity index (χ4v) is 2.97. The molecule has 2 nitrogen and oxygen atoms in total. The van der Waals surface area contributed by atoms with Crippen LogP contribution in [0.1, 0.15) is 44.1 Å². The number of nitrogens with one attached hydrogen (secondary N) is 1. The summed E-state index contributed by atoms with van der Waals surface area (Å²) in [6.07, 6.45) is 11.1. The van der Waals surface area contributed by atoms with Gasteiger partial charge in [-0.1, -0.05) is 31.0 Å². The van der Waals surface area contributed by atoms with E-state index in [2.05, 4.69) is 35.4 Å². The third kappa shape index (κ3) is 3.06. The van der Waals surface area contributed by atoms with E-state index in [1.165, 1.54) is 60.7 Å². The summed E-state index contributed by atoms with van der Waals surface area (Å²) >= 11 is 0. The molecule has 1 fully saturated rings. The molecule has 2 heteroatoms. The van der Waals surface area contributed by atoms with Crippen LogP contribution in [0, 0.1) is 0 Å². The molecule has 19 heavy (non-hydrogen) atoms. The lowest BCUT2D eigenvalue weighted by molar-refractivity contribution is 0.702. The minimum absolute atomic E-state index is 0.942. The maximum Gasteiger partial charge on any atom is 0.0456 e. The molecule has 3 rings (SSSR count). The summed E-state index contributed by atoms with van der Waals surface area (Å²) in [7, 11) is 0. The molecule has 0 aliphatic heterocycles. The largest absolute Gasteiger partial charge is 0.361 e. The molecule has 100 valence electrons. The summed E-state index contributed by atoms with van der Waals surface area (Å²) in [5, 5.41) is 1.35. The van der Waals surface area contributed by atoms with Gasteiger partial charge in [-0.3, -0.25) is 4.99 Å². The number of hydrogen-bond acceptors (Lipinski definition) is 1. The van der Waals surface area contributed by atoms with E-state index in [0.29, 0.717) is 0 Å². The Morgan fingerprint density at radius 1 is 1.00 bits per heavy atom. The number of aliphatic imine (C=N–C) groups is 1. The summed E-state index contributed by atoms with van der Waals surface area (Å²) in [5.74, 6) is 0. The quantitative estimate of drug-likeness (QED) is 0.781. The maximum absolute atomic E-state index is 4.83. The van der Waals surface area contributed by atoms with Crippen LogP contribution in [0.2, 0.25) is 0 Å². The van der Waals surface area contributed by atoms with Crippen LogP contribution in [-0.2, 0) is 6.42 Å². The number of hydrogen-bond donors (Lipinski definition) is 1. The lowest BCUT2D eigenvalue weighted by Gasteiger charge is -2.02. The monoisotopic (exact) mass is 254 g/mol. The van der Waals surface area contributed by atoms with Gasteiger partial charge in [0.15, 0.2) is 0 Å². The van der Waals surface area contributed by atoms with Crippen molar-refractivity contribution in [2.45, 2.75) is 44.9 Å². The van der Waals surface area contributed by atoms with E-state index in [9.17, 15) is 0 Å². The van der Waals surface area contributed by atoms with Crippen molar-refractivity contribution in [3.8, 4) is 0 Å². The van der Waals surface area contributed by atoms with E-state index >= 15 is 0 Å². The van der Waals surface area contributed by atoms with Gasteiger partial charge in [0.1, 0.15) is 0 Å². The maximum atomic E-state index is 4.83. The molecule has 1 aromatic carbocycles. The van der Waals surface area contributed by atoms with Crippen molar-refractivity contribution in [2.24, 2.45) is 4.99 Å². The van der Waals surface area contributed by atoms with Crippen molar-refractivity contribution >= 4 is 16.6 Å². The highest BCUT2D eigenvalue weighted by Crippen LogP contribution is 2.19. The second-order valence-electron chi connectivity index (χ2n) is 5.47. The first-order chi connectivity index (χ1) is 9.43. The third-order valence-electron chi connectivity index (χ3n) is 4.07. The van der Waals surface area contributed by atoms with Gasteiger partial charge in [-0.2, -0.15) is 0 Å². The molecule has 0 spiro atoms. The Kier molecular flexibility index (Phi) is 3.97. The average molecular weight is 254 g/mol. The van der Waals surface area contributed by atoms with Gasteiger partial charge in [-0.25, -0.2) is 0 Å². The fourth-order valence-electron chi connectivity index (χ4n) is 2.97. The first kappa shape index (κ1) is 12.5. The van der Waals surface area contributed by atoms with Crippen molar-refractivity contribution in [3.05, 3.63) is 36.0 Å². The SMILES string of the molecule is c1ccc2c(CCN=C3CCCCCC3)c[nH]c2c1. The van der Waals surface area contributed by atoms with Crippen LogP contribution in [0.15, 0.2) is 35.5 Å². The van der Waals surface area contributed by atoms with Crippen LogP contribution in [0.3, 0.4) is 0 Å². The molecule has 1 aromatic heterocycles. The average Bonchev–Trinajstić information content (AvgIpc) is 2.68. The predicted octanol–water partition coefficient (Wildman–Crippen LogP) is 4.51. The Bertz CT molecular complexity index is 555. The van der Waals surface area contributed by atoms with Crippen LogP contribution < -0.4 is 0 Å². The molecule has 0 bridgehead atoms. The third-order valence-corrected chi connectivity index (χ3v) is 4.07. The van der Waals surface area contributed by atoms with Gasteiger partial charge < -0.3 is 4.98 Å². The van der Waals surface area contributed by atoms with Crippen molar-refractivity contribution in [2.75, 3.05) is 6.54 Å². The molecule has 1 aliphatic rings. The minimum atomic E-state index is 0.942. The van der Waals surface area contributed by atoms with Crippen molar-refractivity contribution in [1.82, 2.24) is 4.98 Å². The number of benzene rings is 1. The number of aromatic nitrogens is 1. The van der Waals surface area contributed by atoms with Crippen molar-refractivity contribution in [1.29, 1.82) is 0 Å². The lowest BCUT2D eigenvalue weighted by Crippen LogP contribution is -1.99. The molecular weight excluding hydrogens is 232 g/mol. The second kappa shape index (κ2) is 6.05. The minimum Gasteiger partial charge on any atom is -0.361 e. The van der Waals surface area contributed by atoms with E-state index in [1.807, 2.05) is 0 Å². The van der Waals surface area contributed by atoms with Gasteiger partial charge in [0.05, 0.1) is 0 Å². The van der Waals surface area contributed by atoms with Crippen LogP contribution in [0.5, 0.6) is 0 Å². The lowest BCUT2D eigenvalue weighted by atomic mass is 10.1. The zero-order valence-corrected chi connectivity index (χ0v) is 11.5. The van der Waals surface area contributed by atoms with Gasteiger partial charge in [-0.15, -0.1) is 0 Å². The molecule has 0 unspecified atom stereocenters. The molecule has 1 heterocycles. The Morgan fingerprint density at radius 3 is 2.63 bits per heavy atom. The zero-order chi connectivity index (χ0) is 12.9. The Morgan fingerprint density at radius 2 is 1.79 bits per heavy atom. The fraction of sp³-hybridized carbons (Fsp3) is 0.471. The topological polar surface area (TPSA) is 28.1 Å². The Hall–Kier alpha value is -1.57. The molecular formula is C17H22N2. The van der Waals surface area contributed by atoms with Crippen LogP contribution >= 0.6 is 0 Å². The molecule has 0 radical (unpaired) electrons. The normalized spacial score (nSPS) is 16.5. The van der Waals surface area contributed by atoms with E-state index in [1.54, 1.807) is 0 Å². The number of H-pyrrole nitrogens is 1. The number of aromatic amines is 1. The van der Waals surface area contributed by atoms with Crippen LogP contribution in [0.4, 0.5) is 0 Å². The van der Waals surface area contributed by atoms with E-state index in [-0.39, 0.29) is 0 Å². The highest BCUT2D eigenvalue weighted by Gasteiger charge is 2.06. The smallest absolute Gasteiger partial charge is 0.0456 e. The first-order valence-electron chi connectivity index (χ1n) is 7.51. The van der Waals surface area contributed by atoms with Crippen LogP contribution in [0.25, 0.3) is 10.9 Å². The second-order valence-corrected chi connectivity index (χ2v) is 5.47. The van der Waals surface area contributed by atoms with Gasteiger partial charge in [0, 0.05) is 29.4 Å². The van der Waals surface area contributed by atoms with E-state index < -0.39 is 0 Å². The van der Waals surface area contributed by atoms with Gasteiger partial charge in [-0.05, 0) is 43.7 Å². The molecule has 1 aliphatic carbocycles. The summed E-state index contributed by atoms with van der Waals surface area (Å²) in [4.78, 5) is 8.17. The summed E-state index contributed by atoms with van der Waals surface area (Å²) in [5.41, 5.74) is 4.09. The number of rotatable bonds is 3. The van der Waals surface area contributed by atoms with E-state index in [4.69, 9.17) is 4.99 Å². The highest BCUT2D eigenvalue weighted by atomic mass is 14.7. The molecule has 1 N–H and O–H groups in total. The van der Waals surface area contributed by atoms with Gasteiger partial charge in [0.25, 0.3) is 0 Å². The summed E-state index contributed by atoms with van der Waals surface area (Å²) in [6.45, 7) is 0.942. The Labute approximate surface area is 114 Å². The molecule has 0 saturated heterocycles. The number of para-hydroxylation sites is 1. The molecule has 2 aromatic rings. The first-order valence-corrected chi connectivity index (χ1v) is 7.51. The molecule has 1 saturated carbocycles. The molecule has 0 amide bonds. The van der Waals surface area contributed by atoms with E-state index in [0.717, 1.165) is 13.0 Å². The van der Waals surface area contributed by atoms with Crippen molar-refractivity contribution in [3.63, 3.8) is 0 Å². The van der Waals surface area contributed by atoms with Gasteiger partial charge in [0.2, 0.25) is 0 Å². The standard InChI is InChI=1S/C17H22N2/c1-2-4-8-15(7-3-1)18-12-11-14-13-19-17-10-6-5-9-16(14)17/h5-6,9-10,13,19H,1-4,7-8,11-12H2. The highest BCUT2D eigenvalue weighted by molar-refractivity contribution is 5.85. The number of fused-ring (bicyclic) bond motifs is 1. The summed E-state index contributed by atoms with van der Waals surface area (Å²) < 4.78 is 0. The summed E-state index contributed by atoms with van der Waals surface area (Å²) in [6, 6.07) is 8.52. The predicted molar refractivity (Wildman–Crippen MR) is 82.0 cm³/mol. The van der Waals surface area contributed by atoms with Crippen molar-refractivity contribution < 1.29 is 0 Å².